The van der Waals surface area contributed by atoms with E-state index in [2.05, 4.69) is 17.1 Å². The van der Waals surface area contributed by atoms with Crippen LogP contribution in [0.15, 0.2) is 36.7 Å². The Bertz CT molecular complexity index is 747. The van der Waals surface area contributed by atoms with E-state index in [-0.39, 0.29) is 0 Å². The molecule has 1 aliphatic rings. The Morgan fingerprint density at radius 1 is 1.04 bits per heavy atom. The van der Waals surface area contributed by atoms with Crippen LogP contribution in [0.25, 0.3) is 0 Å². The fourth-order valence-corrected chi connectivity index (χ4v) is 3.81. The largest absolute Gasteiger partial charge is 0.496 e. The summed E-state index contributed by atoms with van der Waals surface area (Å²) in [6.07, 6.45) is 8.47. The number of carbonyl (C=O) groups excluding carboxylic acids is 1. The Morgan fingerprint density at radius 2 is 1.77 bits per heavy atom. The van der Waals surface area contributed by atoms with Crippen molar-refractivity contribution in [1.82, 2.24) is 4.98 Å². The molecule has 2 unspecified atom stereocenters. The lowest BCUT2D eigenvalue weighted by molar-refractivity contribution is 0.111. The number of ether oxygens (including phenoxy) is 3. The second-order valence-electron chi connectivity index (χ2n) is 6.58. The Labute approximate surface area is 154 Å². The van der Waals surface area contributed by atoms with Crippen molar-refractivity contribution in [1.29, 1.82) is 0 Å². The number of methoxy groups -OCH3 is 2. The van der Waals surface area contributed by atoms with Crippen LogP contribution in [0.5, 0.6) is 17.2 Å². The average molecular weight is 355 g/mol. The molecule has 0 amide bonds. The highest BCUT2D eigenvalue weighted by molar-refractivity contribution is 5.83. The van der Waals surface area contributed by atoms with Gasteiger partial charge in [0, 0.05) is 0 Å². The van der Waals surface area contributed by atoms with Crippen LogP contribution in [0.1, 0.15) is 47.5 Å². The van der Waals surface area contributed by atoms with Crippen LogP contribution in [0.3, 0.4) is 0 Å². The zero-order valence-corrected chi connectivity index (χ0v) is 15.3. The summed E-state index contributed by atoms with van der Waals surface area (Å²) in [6.45, 7) is 0.540. The smallest absolute Gasteiger partial charge is 0.157 e. The number of rotatable bonds is 7. The third kappa shape index (κ3) is 3.82. The van der Waals surface area contributed by atoms with Gasteiger partial charge in [0.25, 0.3) is 0 Å². The molecule has 0 radical (unpaired) electrons. The van der Waals surface area contributed by atoms with E-state index in [4.69, 9.17) is 14.2 Å². The topological polar surface area (TPSA) is 57.6 Å². The number of benzene rings is 1. The molecule has 1 heterocycles. The van der Waals surface area contributed by atoms with Crippen LogP contribution in [0, 0.1) is 5.92 Å². The van der Waals surface area contributed by atoms with Crippen molar-refractivity contribution in [2.24, 2.45) is 5.92 Å². The number of pyridine rings is 1. The minimum Gasteiger partial charge on any atom is -0.496 e. The summed E-state index contributed by atoms with van der Waals surface area (Å²) in [5.41, 5.74) is 1.65. The first-order valence-electron chi connectivity index (χ1n) is 9.01. The molecule has 26 heavy (non-hydrogen) atoms. The monoisotopic (exact) mass is 355 g/mol. The van der Waals surface area contributed by atoms with Gasteiger partial charge in [-0.1, -0.05) is 31.0 Å². The first-order valence-corrected chi connectivity index (χ1v) is 9.01. The first kappa shape index (κ1) is 18.2. The molecular formula is C21H25NO4. The quantitative estimate of drug-likeness (QED) is 0.695. The highest BCUT2D eigenvalue weighted by atomic mass is 16.5. The maximum atomic E-state index is 11.4. The molecule has 2 aromatic rings. The number of hydrogen-bond donors (Lipinski definition) is 0. The van der Waals surface area contributed by atoms with Crippen molar-refractivity contribution in [2.45, 2.75) is 31.6 Å². The van der Waals surface area contributed by atoms with Crippen LogP contribution >= 0.6 is 0 Å². The van der Waals surface area contributed by atoms with Crippen molar-refractivity contribution in [2.75, 3.05) is 20.8 Å². The molecule has 2 atom stereocenters. The first-order chi connectivity index (χ1) is 12.8. The highest BCUT2D eigenvalue weighted by Gasteiger charge is 2.29. The molecule has 0 aliphatic heterocycles. The van der Waals surface area contributed by atoms with Gasteiger partial charge in [-0.25, -0.2) is 0 Å². The molecule has 5 nitrogen and oxygen atoms in total. The molecule has 0 spiro atoms. The van der Waals surface area contributed by atoms with Gasteiger partial charge in [0.1, 0.15) is 11.3 Å². The van der Waals surface area contributed by atoms with Gasteiger partial charge in [-0.05, 0) is 36.3 Å². The summed E-state index contributed by atoms with van der Waals surface area (Å²) in [6, 6.07) is 8.21. The fraction of sp³-hybridized carbons (Fsp3) is 0.429. The fourth-order valence-electron chi connectivity index (χ4n) is 3.81. The molecular weight excluding hydrogens is 330 g/mol. The van der Waals surface area contributed by atoms with Crippen molar-refractivity contribution >= 4 is 6.29 Å². The molecule has 5 heteroatoms. The van der Waals surface area contributed by atoms with Gasteiger partial charge in [-0.15, -0.1) is 0 Å². The molecule has 1 fully saturated rings. The number of nitrogens with zero attached hydrogens (tertiary/aromatic N) is 1. The van der Waals surface area contributed by atoms with Gasteiger partial charge >= 0.3 is 0 Å². The van der Waals surface area contributed by atoms with Crippen LogP contribution in [-0.2, 0) is 0 Å². The third-order valence-electron chi connectivity index (χ3n) is 5.15. The minimum atomic E-state index is 0.366. The van der Waals surface area contributed by atoms with Crippen molar-refractivity contribution in [3.63, 3.8) is 0 Å². The zero-order chi connectivity index (χ0) is 18.4. The number of hydrogen-bond acceptors (Lipinski definition) is 5. The van der Waals surface area contributed by atoms with Gasteiger partial charge in [0.2, 0.25) is 0 Å². The van der Waals surface area contributed by atoms with Gasteiger partial charge in [-0.2, -0.15) is 0 Å². The highest BCUT2D eigenvalue weighted by Crippen LogP contribution is 2.41. The Kier molecular flexibility index (Phi) is 6.10. The predicted molar refractivity (Wildman–Crippen MR) is 99.4 cm³/mol. The normalized spacial score (nSPS) is 19.6. The molecule has 1 aromatic carbocycles. The summed E-state index contributed by atoms with van der Waals surface area (Å²) >= 11 is 0. The van der Waals surface area contributed by atoms with E-state index < -0.39 is 0 Å². The van der Waals surface area contributed by atoms with Gasteiger partial charge in [0.05, 0.1) is 33.2 Å². The lowest BCUT2D eigenvalue weighted by Crippen LogP contribution is -2.24. The Hall–Kier alpha value is -2.56. The van der Waals surface area contributed by atoms with Crippen molar-refractivity contribution in [3.8, 4) is 17.2 Å². The molecule has 3 rings (SSSR count). The Morgan fingerprint density at radius 3 is 2.54 bits per heavy atom. The van der Waals surface area contributed by atoms with E-state index >= 15 is 0 Å². The van der Waals surface area contributed by atoms with Crippen LogP contribution < -0.4 is 14.2 Å². The molecule has 0 bridgehead atoms. The maximum Gasteiger partial charge on any atom is 0.157 e. The summed E-state index contributed by atoms with van der Waals surface area (Å²) in [5.74, 6) is 2.59. The second kappa shape index (κ2) is 8.70. The molecule has 0 N–H and O–H groups in total. The van der Waals surface area contributed by atoms with Crippen LogP contribution in [-0.4, -0.2) is 32.1 Å². The third-order valence-corrected chi connectivity index (χ3v) is 5.15. The zero-order valence-electron chi connectivity index (χ0n) is 15.3. The molecule has 1 saturated carbocycles. The van der Waals surface area contributed by atoms with E-state index in [1.807, 2.05) is 12.1 Å². The summed E-state index contributed by atoms with van der Waals surface area (Å²) in [7, 11) is 3.23. The number of aldehydes is 1. The maximum absolute atomic E-state index is 11.4. The van der Waals surface area contributed by atoms with E-state index in [0.717, 1.165) is 24.9 Å². The SMILES string of the molecule is COc1ccccc1C1CCCCC1COc1cncc(OC)c1C=O. The number of para-hydroxylation sites is 1. The minimum absolute atomic E-state index is 0.366. The average Bonchev–Trinajstić information content (AvgIpc) is 2.71. The van der Waals surface area contributed by atoms with E-state index in [1.165, 1.54) is 31.7 Å². The van der Waals surface area contributed by atoms with Crippen LogP contribution in [0.4, 0.5) is 0 Å². The van der Waals surface area contributed by atoms with Crippen LogP contribution in [0.2, 0.25) is 0 Å². The van der Waals surface area contributed by atoms with E-state index in [9.17, 15) is 4.79 Å². The van der Waals surface area contributed by atoms with Crippen molar-refractivity contribution < 1.29 is 19.0 Å². The van der Waals surface area contributed by atoms with E-state index in [1.54, 1.807) is 13.3 Å². The lowest BCUT2D eigenvalue weighted by atomic mass is 9.75. The standard InChI is InChI=1S/C21H25NO4/c1-24-19-10-6-5-9-17(19)16-8-4-3-7-15(16)14-26-21-12-22-11-20(25-2)18(21)13-23/h5-6,9-13,15-16H,3-4,7-8,14H2,1-2H3. The lowest BCUT2D eigenvalue weighted by Gasteiger charge is -2.32. The van der Waals surface area contributed by atoms with Gasteiger partial charge in [0.15, 0.2) is 17.8 Å². The molecule has 0 saturated heterocycles. The number of aromatic nitrogens is 1. The van der Waals surface area contributed by atoms with Gasteiger partial charge in [-0.3, -0.25) is 9.78 Å². The molecule has 1 aromatic heterocycles. The second-order valence-corrected chi connectivity index (χ2v) is 6.58. The summed E-state index contributed by atoms with van der Waals surface area (Å²) in [4.78, 5) is 15.5. The Balaban J connectivity index is 1.79. The molecule has 138 valence electrons. The summed E-state index contributed by atoms with van der Waals surface area (Å²) < 4.78 is 16.8. The van der Waals surface area contributed by atoms with Crippen molar-refractivity contribution in [3.05, 3.63) is 47.8 Å². The predicted octanol–water partition coefficient (Wildman–Crippen LogP) is 4.26. The summed E-state index contributed by atoms with van der Waals surface area (Å²) in [5, 5.41) is 0. The van der Waals surface area contributed by atoms with E-state index in [0.29, 0.717) is 35.5 Å². The number of carbonyl (C=O) groups is 1. The van der Waals surface area contributed by atoms with Gasteiger partial charge < -0.3 is 14.2 Å². The molecule has 1 aliphatic carbocycles.